The smallest absolute Gasteiger partial charge is 0.419 e. The molecule has 0 bridgehead atoms. The number of hydrogen-bond donors (Lipinski definition) is 1. The van der Waals surface area contributed by atoms with Gasteiger partial charge in [-0.3, -0.25) is 9.69 Å². The van der Waals surface area contributed by atoms with Crippen LogP contribution in [-0.4, -0.2) is 46.4 Å². The number of hydrogen-bond acceptors (Lipinski definition) is 6. The summed E-state index contributed by atoms with van der Waals surface area (Å²) in [6.07, 6.45) is -7.15. The summed E-state index contributed by atoms with van der Waals surface area (Å²) in [6, 6.07) is 6.80. The van der Waals surface area contributed by atoms with Gasteiger partial charge in [0.05, 0.1) is 17.4 Å². The highest BCUT2D eigenvalue weighted by atomic mass is 32.1. The van der Waals surface area contributed by atoms with E-state index in [1.54, 1.807) is 29.2 Å². The predicted octanol–water partition coefficient (Wildman–Crippen LogP) is 5.09. The lowest BCUT2D eigenvalue weighted by Crippen LogP contribution is -2.55. The number of rotatable bonds is 4. The summed E-state index contributed by atoms with van der Waals surface area (Å²) in [6.45, 7) is 0.162. The monoisotopic (exact) mass is 569 g/mol. The maximum absolute atomic E-state index is 13.6. The number of anilines is 2. The van der Waals surface area contributed by atoms with E-state index < -0.39 is 47.2 Å². The first-order chi connectivity index (χ1) is 18.3. The molecule has 3 aliphatic rings. The van der Waals surface area contributed by atoms with E-state index in [-0.39, 0.29) is 23.8 Å². The Morgan fingerprint density at radius 3 is 2.38 bits per heavy atom. The Kier molecular flexibility index (Phi) is 6.70. The van der Waals surface area contributed by atoms with Crippen molar-refractivity contribution in [1.29, 1.82) is 5.26 Å². The first-order valence-corrected chi connectivity index (χ1v) is 12.5. The lowest BCUT2D eigenvalue weighted by molar-refractivity contribution is -0.166. The number of pyridine rings is 1. The van der Waals surface area contributed by atoms with E-state index >= 15 is 0 Å². The zero-order chi connectivity index (χ0) is 28.2. The molecule has 7 nitrogen and oxygen atoms in total. The second kappa shape index (κ2) is 9.63. The molecule has 2 aliphatic heterocycles. The number of carbonyl (C=O) groups excluding carboxylic acids is 1. The Balaban J connectivity index is 1.40. The Bertz CT molecular complexity index is 1340. The molecule has 2 saturated heterocycles. The van der Waals surface area contributed by atoms with Gasteiger partial charge in [-0.25, -0.2) is 4.98 Å². The molecule has 1 amide bonds. The van der Waals surface area contributed by atoms with Crippen molar-refractivity contribution in [3.63, 3.8) is 0 Å². The highest BCUT2D eigenvalue weighted by molar-refractivity contribution is 7.81. The fourth-order valence-corrected chi connectivity index (χ4v) is 5.66. The van der Waals surface area contributed by atoms with Crippen LogP contribution < -0.4 is 19.9 Å². The number of nitrogens with zero attached hydrogens (tertiary/aromatic N) is 4. The van der Waals surface area contributed by atoms with Gasteiger partial charge in [0.15, 0.2) is 10.8 Å². The largest absolute Gasteiger partial charge is 0.490 e. The van der Waals surface area contributed by atoms with Crippen molar-refractivity contribution in [2.24, 2.45) is 0 Å². The minimum absolute atomic E-state index is 0.0422. The number of nitriles is 1. The van der Waals surface area contributed by atoms with Crippen molar-refractivity contribution in [2.75, 3.05) is 16.3 Å². The number of nitrogens with one attached hydrogen (secondary N) is 1. The van der Waals surface area contributed by atoms with Crippen LogP contribution >= 0.6 is 12.2 Å². The Morgan fingerprint density at radius 1 is 1.13 bits per heavy atom. The van der Waals surface area contributed by atoms with Crippen molar-refractivity contribution in [2.45, 2.75) is 62.1 Å². The summed E-state index contributed by atoms with van der Waals surface area (Å²) < 4.78 is 85.7. The third-order valence-corrected chi connectivity index (χ3v) is 7.65. The highest BCUT2D eigenvalue weighted by Crippen LogP contribution is 2.48. The number of aromatic nitrogens is 1. The zero-order valence-corrected chi connectivity index (χ0v) is 21.0. The Morgan fingerprint density at radius 2 is 1.82 bits per heavy atom. The SMILES string of the molecule is N#Cc1ncc(N2C(=O)C3(CCC3)N(c3ccc(O[C@@H]4CCN[C@@H](C(F)(F)F)C4)cc3)C2=S)cc1C(F)(F)F. The molecule has 1 saturated carbocycles. The average molecular weight is 570 g/mol. The van der Waals surface area contributed by atoms with E-state index in [4.69, 9.17) is 22.2 Å². The molecular formula is C25H21F6N5O2S. The average Bonchev–Trinajstić information content (AvgIpc) is 3.10. The molecule has 1 aromatic heterocycles. The van der Waals surface area contributed by atoms with E-state index in [0.717, 1.165) is 11.1 Å². The summed E-state index contributed by atoms with van der Waals surface area (Å²) in [4.78, 5) is 19.8. The fourth-order valence-electron chi connectivity index (χ4n) is 5.19. The van der Waals surface area contributed by atoms with Crippen molar-refractivity contribution < 1.29 is 35.9 Å². The van der Waals surface area contributed by atoms with Gasteiger partial charge in [0, 0.05) is 12.1 Å². The second-order valence-electron chi connectivity index (χ2n) is 9.65. The van der Waals surface area contributed by atoms with Crippen LogP contribution in [0.1, 0.15) is 43.4 Å². The van der Waals surface area contributed by atoms with Crippen molar-refractivity contribution in [1.82, 2.24) is 10.3 Å². The molecule has 39 heavy (non-hydrogen) atoms. The number of thiocarbonyl (C=S) groups is 1. The molecule has 1 aromatic carbocycles. The third-order valence-electron chi connectivity index (χ3n) is 7.28. The van der Waals surface area contributed by atoms with Gasteiger partial charge in [-0.05, 0) is 74.8 Å². The minimum Gasteiger partial charge on any atom is -0.490 e. The van der Waals surface area contributed by atoms with Gasteiger partial charge in [0.25, 0.3) is 5.91 Å². The number of ether oxygens (including phenoxy) is 1. The predicted molar refractivity (Wildman–Crippen MR) is 131 cm³/mol. The number of piperidine rings is 1. The van der Waals surface area contributed by atoms with Gasteiger partial charge in [-0.2, -0.15) is 31.6 Å². The first kappa shape index (κ1) is 27.1. The van der Waals surface area contributed by atoms with E-state index in [0.29, 0.717) is 43.2 Å². The van der Waals surface area contributed by atoms with Crippen molar-refractivity contribution in [3.05, 3.63) is 47.8 Å². The molecular weight excluding hydrogens is 548 g/mol. The Hall–Kier alpha value is -3.44. The number of amides is 1. The van der Waals surface area contributed by atoms with Crippen LogP contribution in [-0.2, 0) is 11.0 Å². The van der Waals surface area contributed by atoms with E-state index in [1.165, 1.54) is 6.07 Å². The van der Waals surface area contributed by atoms with Crippen LogP contribution in [0.3, 0.4) is 0 Å². The molecule has 2 aromatic rings. The van der Waals surface area contributed by atoms with Crippen LogP contribution in [0.25, 0.3) is 0 Å². The van der Waals surface area contributed by atoms with E-state index in [2.05, 4.69) is 10.3 Å². The minimum atomic E-state index is -4.86. The summed E-state index contributed by atoms with van der Waals surface area (Å²) in [5.41, 5.74) is -2.88. The van der Waals surface area contributed by atoms with Gasteiger partial charge < -0.3 is 15.0 Å². The lowest BCUT2D eigenvalue weighted by Gasteiger charge is -2.43. The van der Waals surface area contributed by atoms with Gasteiger partial charge in [0.1, 0.15) is 29.5 Å². The van der Waals surface area contributed by atoms with Crippen molar-refractivity contribution in [3.8, 4) is 11.8 Å². The normalized spacial score (nSPS) is 23.1. The highest BCUT2D eigenvalue weighted by Gasteiger charge is 2.59. The number of carbonyl (C=O) groups is 1. The third kappa shape index (κ3) is 4.78. The molecule has 0 unspecified atom stereocenters. The van der Waals surface area contributed by atoms with Crippen LogP contribution in [0.2, 0.25) is 0 Å². The van der Waals surface area contributed by atoms with Crippen LogP contribution in [0.4, 0.5) is 37.7 Å². The van der Waals surface area contributed by atoms with Gasteiger partial charge in [-0.15, -0.1) is 0 Å². The molecule has 5 rings (SSSR count). The van der Waals surface area contributed by atoms with Crippen LogP contribution in [0.15, 0.2) is 36.5 Å². The van der Waals surface area contributed by atoms with Gasteiger partial charge in [0.2, 0.25) is 0 Å². The van der Waals surface area contributed by atoms with E-state index in [9.17, 15) is 31.1 Å². The molecule has 206 valence electrons. The molecule has 3 heterocycles. The molecule has 0 radical (unpaired) electrons. The van der Waals surface area contributed by atoms with Crippen LogP contribution in [0, 0.1) is 11.3 Å². The fraction of sp³-hybridized carbons (Fsp3) is 0.440. The Labute approximate surface area is 224 Å². The summed E-state index contributed by atoms with van der Waals surface area (Å²) >= 11 is 5.57. The number of benzene rings is 1. The van der Waals surface area contributed by atoms with Gasteiger partial charge in [-0.1, -0.05) is 0 Å². The standard InChI is InChI=1S/C25H21F6N5O2S/c26-24(27,28)18-10-15(13-34-19(18)12-32)35-21(37)23(7-1-8-23)36(22(35)39)14-2-4-16(5-3-14)38-17-6-9-33-20(11-17)25(29,30)31/h2-5,10,13,17,20,33H,1,6-9,11H2/t17-,20-/m1/s1. The maximum atomic E-state index is 13.6. The first-order valence-electron chi connectivity index (χ1n) is 12.1. The summed E-state index contributed by atoms with van der Waals surface area (Å²) in [5.74, 6) is -0.153. The van der Waals surface area contributed by atoms with Gasteiger partial charge >= 0.3 is 12.4 Å². The summed E-state index contributed by atoms with van der Waals surface area (Å²) in [5, 5.41) is 11.4. The number of alkyl halides is 6. The summed E-state index contributed by atoms with van der Waals surface area (Å²) in [7, 11) is 0. The number of halogens is 6. The van der Waals surface area contributed by atoms with Crippen LogP contribution in [0.5, 0.6) is 5.75 Å². The molecule has 1 aliphatic carbocycles. The molecule has 1 N–H and O–H groups in total. The zero-order valence-electron chi connectivity index (χ0n) is 20.1. The lowest BCUT2D eigenvalue weighted by atomic mass is 9.75. The molecule has 3 fully saturated rings. The van der Waals surface area contributed by atoms with Crippen molar-refractivity contribution >= 4 is 34.6 Å². The maximum Gasteiger partial charge on any atom is 0.419 e. The molecule has 2 atom stereocenters. The second-order valence-corrected chi connectivity index (χ2v) is 10.0. The topological polar surface area (TPSA) is 81.5 Å². The quantitative estimate of drug-likeness (QED) is 0.406. The molecule has 1 spiro atoms. The molecule has 14 heteroatoms. The van der Waals surface area contributed by atoms with E-state index in [1.807, 2.05) is 0 Å².